The lowest BCUT2D eigenvalue weighted by Gasteiger charge is -2.27. The molecule has 112 valence electrons. The van der Waals surface area contributed by atoms with Gasteiger partial charge in [0.2, 0.25) is 0 Å². The topological polar surface area (TPSA) is 47.6 Å². The average molecular weight is 297 g/mol. The Labute approximate surface area is 125 Å². The van der Waals surface area contributed by atoms with E-state index in [2.05, 4.69) is 5.32 Å². The Bertz CT molecular complexity index is 422. The Balaban J connectivity index is 2.67. The molecule has 0 bridgehead atoms. The first kappa shape index (κ1) is 16.9. The number of thioether (sulfide) groups is 1. The molecule has 0 aliphatic heterocycles. The zero-order valence-corrected chi connectivity index (χ0v) is 13.4. The van der Waals surface area contributed by atoms with Gasteiger partial charge in [0.15, 0.2) is 0 Å². The van der Waals surface area contributed by atoms with Gasteiger partial charge < -0.3 is 14.8 Å². The lowest BCUT2D eigenvalue weighted by Crippen LogP contribution is -2.52. The number of likely N-dealkylation sites (N-methyl/N-ethyl adjacent to an activating group) is 1. The normalized spacial score (nSPS) is 13.6. The van der Waals surface area contributed by atoms with E-state index in [1.54, 1.807) is 18.9 Å². The van der Waals surface area contributed by atoms with Gasteiger partial charge in [0.05, 0.1) is 13.7 Å². The van der Waals surface area contributed by atoms with E-state index in [1.807, 2.05) is 45.0 Å². The van der Waals surface area contributed by atoms with Gasteiger partial charge in [0.25, 0.3) is 0 Å². The monoisotopic (exact) mass is 297 g/mol. The lowest BCUT2D eigenvalue weighted by molar-refractivity contribution is -0.149. The number of ether oxygens (including phenoxy) is 2. The van der Waals surface area contributed by atoms with Crippen LogP contribution in [0.5, 0.6) is 5.75 Å². The second-order valence-corrected chi connectivity index (χ2v) is 5.60. The van der Waals surface area contributed by atoms with Gasteiger partial charge in [-0.2, -0.15) is 0 Å². The highest BCUT2D eigenvalue weighted by Gasteiger charge is 2.33. The molecular weight excluding hydrogens is 274 g/mol. The Hall–Kier alpha value is -1.20. The molecule has 0 aromatic heterocycles. The zero-order chi connectivity index (χ0) is 15.0. The second kappa shape index (κ2) is 8.17. The summed E-state index contributed by atoms with van der Waals surface area (Å²) in [6.45, 7) is 6.80. The molecule has 20 heavy (non-hydrogen) atoms. The summed E-state index contributed by atoms with van der Waals surface area (Å²) in [5, 5.41) is 3.22. The Kier molecular flexibility index (Phi) is 6.88. The summed E-state index contributed by atoms with van der Waals surface area (Å²) in [6, 6.07) is 7.80. The molecule has 0 spiro atoms. The van der Waals surface area contributed by atoms with Crippen molar-refractivity contribution in [3.63, 3.8) is 0 Å². The van der Waals surface area contributed by atoms with Crippen LogP contribution in [0.25, 0.3) is 0 Å². The molecule has 0 saturated heterocycles. The minimum absolute atomic E-state index is 0.206. The summed E-state index contributed by atoms with van der Waals surface area (Å²) < 4.78 is 10.3. The number of esters is 1. The summed E-state index contributed by atoms with van der Waals surface area (Å²) >= 11 is 1.62. The molecule has 1 aromatic carbocycles. The lowest BCUT2D eigenvalue weighted by atomic mass is 10.1. The van der Waals surface area contributed by atoms with E-state index in [0.29, 0.717) is 12.4 Å². The van der Waals surface area contributed by atoms with E-state index in [4.69, 9.17) is 9.47 Å². The molecule has 0 saturated carbocycles. The molecule has 0 fully saturated rings. The van der Waals surface area contributed by atoms with Crippen molar-refractivity contribution in [2.75, 3.05) is 26.0 Å². The minimum Gasteiger partial charge on any atom is -0.497 e. The molecular formula is C15H23NO3S. The van der Waals surface area contributed by atoms with Gasteiger partial charge in [-0.1, -0.05) is 6.92 Å². The van der Waals surface area contributed by atoms with Gasteiger partial charge in [-0.05, 0) is 44.7 Å². The number of rotatable bonds is 8. The van der Waals surface area contributed by atoms with Gasteiger partial charge in [-0.3, -0.25) is 4.79 Å². The highest BCUT2D eigenvalue weighted by Crippen LogP contribution is 2.25. The second-order valence-electron chi connectivity index (χ2n) is 4.55. The Morgan fingerprint density at radius 1 is 1.30 bits per heavy atom. The third kappa shape index (κ3) is 4.72. The molecule has 1 atom stereocenters. The molecule has 1 aromatic rings. The maximum atomic E-state index is 12.1. The first-order chi connectivity index (χ1) is 9.55. The molecule has 1 rings (SSSR count). The number of nitrogens with one attached hydrogen (secondary N) is 1. The first-order valence-corrected chi connectivity index (χ1v) is 7.73. The molecule has 4 nitrogen and oxygen atoms in total. The summed E-state index contributed by atoms with van der Waals surface area (Å²) in [6.07, 6.45) is 0. The largest absolute Gasteiger partial charge is 0.497 e. The number of methoxy groups -OCH3 is 1. The van der Waals surface area contributed by atoms with Crippen LogP contribution in [0, 0.1) is 0 Å². The van der Waals surface area contributed by atoms with Crippen molar-refractivity contribution in [1.29, 1.82) is 0 Å². The van der Waals surface area contributed by atoms with Gasteiger partial charge in [0, 0.05) is 10.6 Å². The minimum atomic E-state index is -0.671. The van der Waals surface area contributed by atoms with E-state index in [1.165, 1.54) is 0 Å². The van der Waals surface area contributed by atoms with E-state index >= 15 is 0 Å². The molecule has 1 N–H and O–H groups in total. The standard InChI is InChI=1S/C15H23NO3S/c1-5-16-15(3,14(17)19-6-2)11-20-13-9-7-12(18-4)8-10-13/h7-10,16H,5-6,11H2,1-4H3. The van der Waals surface area contributed by atoms with Crippen LogP contribution in [-0.4, -0.2) is 37.5 Å². The van der Waals surface area contributed by atoms with Crippen LogP contribution >= 0.6 is 11.8 Å². The van der Waals surface area contributed by atoms with Crippen LogP contribution in [0.4, 0.5) is 0 Å². The van der Waals surface area contributed by atoms with Crippen LogP contribution in [-0.2, 0) is 9.53 Å². The summed E-state index contributed by atoms with van der Waals surface area (Å²) in [4.78, 5) is 13.2. The molecule has 0 amide bonds. The van der Waals surface area contributed by atoms with Crippen LogP contribution in [0.1, 0.15) is 20.8 Å². The fraction of sp³-hybridized carbons (Fsp3) is 0.533. The molecule has 0 radical (unpaired) electrons. The van der Waals surface area contributed by atoms with Crippen molar-refractivity contribution in [2.24, 2.45) is 0 Å². The van der Waals surface area contributed by atoms with Gasteiger partial charge in [-0.15, -0.1) is 11.8 Å². The van der Waals surface area contributed by atoms with Crippen molar-refractivity contribution in [3.05, 3.63) is 24.3 Å². The van der Waals surface area contributed by atoms with Crippen molar-refractivity contribution in [2.45, 2.75) is 31.2 Å². The number of carbonyl (C=O) groups is 1. The summed E-state index contributed by atoms with van der Waals surface area (Å²) in [5.74, 6) is 1.24. The average Bonchev–Trinajstić information content (AvgIpc) is 2.46. The fourth-order valence-electron chi connectivity index (χ4n) is 1.76. The van der Waals surface area contributed by atoms with Gasteiger partial charge >= 0.3 is 5.97 Å². The highest BCUT2D eigenvalue weighted by molar-refractivity contribution is 7.99. The highest BCUT2D eigenvalue weighted by atomic mass is 32.2. The SMILES string of the molecule is CCNC(C)(CSc1ccc(OC)cc1)C(=O)OCC. The maximum Gasteiger partial charge on any atom is 0.326 e. The van der Waals surface area contributed by atoms with Gasteiger partial charge in [0.1, 0.15) is 11.3 Å². The van der Waals surface area contributed by atoms with E-state index in [-0.39, 0.29) is 5.97 Å². The third-order valence-corrected chi connectivity index (χ3v) is 4.21. The number of hydrogen-bond donors (Lipinski definition) is 1. The zero-order valence-electron chi connectivity index (χ0n) is 12.6. The molecule has 1 unspecified atom stereocenters. The van der Waals surface area contributed by atoms with Crippen molar-refractivity contribution < 1.29 is 14.3 Å². The van der Waals surface area contributed by atoms with Crippen LogP contribution in [0.3, 0.4) is 0 Å². The van der Waals surface area contributed by atoms with Gasteiger partial charge in [-0.25, -0.2) is 0 Å². The van der Waals surface area contributed by atoms with E-state index in [9.17, 15) is 4.79 Å². The Morgan fingerprint density at radius 2 is 1.95 bits per heavy atom. The predicted molar refractivity (Wildman–Crippen MR) is 82.4 cm³/mol. The maximum absolute atomic E-state index is 12.1. The molecule has 0 aliphatic rings. The van der Waals surface area contributed by atoms with E-state index in [0.717, 1.165) is 17.2 Å². The fourth-order valence-corrected chi connectivity index (χ4v) is 2.77. The van der Waals surface area contributed by atoms with Crippen molar-refractivity contribution in [3.8, 4) is 5.75 Å². The smallest absolute Gasteiger partial charge is 0.326 e. The number of carbonyl (C=O) groups excluding carboxylic acids is 1. The number of hydrogen-bond acceptors (Lipinski definition) is 5. The van der Waals surface area contributed by atoms with Crippen LogP contribution in [0.2, 0.25) is 0 Å². The molecule has 0 aliphatic carbocycles. The predicted octanol–water partition coefficient (Wildman–Crippen LogP) is 2.72. The molecule has 0 heterocycles. The first-order valence-electron chi connectivity index (χ1n) is 6.74. The molecule has 5 heteroatoms. The summed E-state index contributed by atoms with van der Waals surface area (Å²) in [5.41, 5.74) is -0.671. The van der Waals surface area contributed by atoms with E-state index < -0.39 is 5.54 Å². The Morgan fingerprint density at radius 3 is 2.45 bits per heavy atom. The van der Waals surface area contributed by atoms with Crippen LogP contribution < -0.4 is 10.1 Å². The van der Waals surface area contributed by atoms with Crippen molar-refractivity contribution >= 4 is 17.7 Å². The van der Waals surface area contributed by atoms with Crippen LogP contribution in [0.15, 0.2) is 29.2 Å². The van der Waals surface area contributed by atoms with Crippen molar-refractivity contribution in [1.82, 2.24) is 5.32 Å². The number of benzene rings is 1. The third-order valence-electron chi connectivity index (χ3n) is 2.88. The summed E-state index contributed by atoms with van der Waals surface area (Å²) in [7, 11) is 1.64. The quantitative estimate of drug-likeness (QED) is 0.590.